The van der Waals surface area contributed by atoms with E-state index in [-0.39, 0.29) is 16.5 Å². The second kappa shape index (κ2) is 6.24. The monoisotopic (exact) mass is 351 g/mol. The van der Waals surface area contributed by atoms with Crippen LogP contribution in [-0.2, 0) is 22.9 Å². The SMILES string of the molecule is O=S(=O)(NC[C@@]1(O)CCc2ccccc2C1)c1ccccc1Cl. The maximum atomic E-state index is 12.4. The molecule has 0 heterocycles. The minimum Gasteiger partial charge on any atom is -0.388 e. The number of sulfonamides is 1. The third-order valence-electron chi connectivity index (χ3n) is 4.22. The number of aliphatic hydroxyl groups is 1. The molecular weight excluding hydrogens is 334 g/mol. The van der Waals surface area contributed by atoms with Crippen LogP contribution >= 0.6 is 11.6 Å². The lowest BCUT2D eigenvalue weighted by Crippen LogP contribution is -2.46. The van der Waals surface area contributed by atoms with Crippen LogP contribution in [0.5, 0.6) is 0 Å². The second-order valence-electron chi connectivity index (χ2n) is 5.92. The van der Waals surface area contributed by atoms with Gasteiger partial charge in [0.2, 0.25) is 10.0 Å². The third-order valence-corrected chi connectivity index (χ3v) is 6.12. The highest BCUT2D eigenvalue weighted by atomic mass is 35.5. The Morgan fingerprint density at radius 2 is 1.74 bits per heavy atom. The van der Waals surface area contributed by atoms with Crippen LogP contribution in [0, 0.1) is 0 Å². The van der Waals surface area contributed by atoms with Crippen molar-refractivity contribution in [1.82, 2.24) is 4.72 Å². The Balaban J connectivity index is 1.75. The van der Waals surface area contributed by atoms with Crippen molar-refractivity contribution in [3.05, 3.63) is 64.7 Å². The number of benzene rings is 2. The summed E-state index contributed by atoms with van der Waals surface area (Å²) < 4.78 is 27.2. The zero-order valence-electron chi connectivity index (χ0n) is 12.5. The minimum atomic E-state index is -3.75. The van der Waals surface area contributed by atoms with Gasteiger partial charge in [0.1, 0.15) is 4.90 Å². The molecule has 1 atom stereocenters. The lowest BCUT2D eigenvalue weighted by atomic mass is 9.80. The molecule has 0 aliphatic heterocycles. The topological polar surface area (TPSA) is 66.4 Å². The van der Waals surface area contributed by atoms with Crippen molar-refractivity contribution in [2.24, 2.45) is 0 Å². The highest BCUT2D eigenvalue weighted by Gasteiger charge is 2.33. The van der Waals surface area contributed by atoms with Crippen molar-refractivity contribution in [1.29, 1.82) is 0 Å². The van der Waals surface area contributed by atoms with Gasteiger partial charge in [-0.25, -0.2) is 13.1 Å². The van der Waals surface area contributed by atoms with Gasteiger partial charge in [0.25, 0.3) is 0 Å². The molecule has 2 aromatic rings. The van der Waals surface area contributed by atoms with Crippen molar-refractivity contribution in [3.8, 4) is 0 Å². The first-order chi connectivity index (χ1) is 10.9. The summed E-state index contributed by atoms with van der Waals surface area (Å²) in [5, 5.41) is 10.9. The molecule has 1 aliphatic carbocycles. The molecule has 0 spiro atoms. The summed E-state index contributed by atoms with van der Waals surface area (Å²) in [7, 11) is -3.75. The van der Waals surface area contributed by atoms with Gasteiger partial charge < -0.3 is 5.11 Å². The van der Waals surface area contributed by atoms with E-state index < -0.39 is 15.6 Å². The highest BCUT2D eigenvalue weighted by Crippen LogP contribution is 2.29. The second-order valence-corrected chi connectivity index (χ2v) is 8.07. The molecule has 0 radical (unpaired) electrons. The lowest BCUT2D eigenvalue weighted by Gasteiger charge is -2.33. The first-order valence-electron chi connectivity index (χ1n) is 7.43. The molecule has 3 rings (SSSR count). The predicted octanol–water partition coefficient (Wildman–Crippen LogP) is 2.54. The van der Waals surface area contributed by atoms with E-state index in [4.69, 9.17) is 11.6 Å². The molecular formula is C17H18ClNO3S. The number of rotatable bonds is 4. The van der Waals surface area contributed by atoms with E-state index in [1.54, 1.807) is 12.1 Å². The summed E-state index contributed by atoms with van der Waals surface area (Å²) in [5.41, 5.74) is 1.20. The minimum absolute atomic E-state index is 0.0291. The van der Waals surface area contributed by atoms with Crippen molar-refractivity contribution in [3.63, 3.8) is 0 Å². The normalized spacial score (nSPS) is 21.0. The summed E-state index contributed by atoms with van der Waals surface area (Å²) >= 11 is 5.95. The summed E-state index contributed by atoms with van der Waals surface area (Å²) in [6.07, 6.45) is 1.70. The molecule has 0 unspecified atom stereocenters. The predicted molar refractivity (Wildman–Crippen MR) is 90.1 cm³/mol. The van der Waals surface area contributed by atoms with E-state index in [9.17, 15) is 13.5 Å². The Hall–Kier alpha value is -1.40. The molecule has 0 aromatic heterocycles. The molecule has 0 saturated carbocycles. The lowest BCUT2D eigenvalue weighted by molar-refractivity contribution is 0.0317. The van der Waals surface area contributed by atoms with Gasteiger partial charge in [0.05, 0.1) is 10.6 Å². The average molecular weight is 352 g/mol. The number of aryl methyl sites for hydroxylation is 1. The van der Waals surface area contributed by atoms with Gasteiger partial charge in [-0.1, -0.05) is 48.0 Å². The van der Waals surface area contributed by atoms with Gasteiger partial charge >= 0.3 is 0 Å². The fourth-order valence-corrected chi connectivity index (χ4v) is 4.54. The Bertz CT molecular complexity index is 822. The van der Waals surface area contributed by atoms with Gasteiger partial charge in [-0.3, -0.25) is 0 Å². The molecule has 2 aromatic carbocycles. The zero-order valence-corrected chi connectivity index (χ0v) is 14.1. The van der Waals surface area contributed by atoms with Crippen LogP contribution in [0.15, 0.2) is 53.4 Å². The van der Waals surface area contributed by atoms with E-state index in [0.717, 1.165) is 12.0 Å². The van der Waals surface area contributed by atoms with E-state index in [2.05, 4.69) is 4.72 Å². The van der Waals surface area contributed by atoms with Crippen LogP contribution in [-0.4, -0.2) is 25.7 Å². The van der Waals surface area contributed by atoms with Crippen LogP contribution in [0.4, 0.5) is 0 Å². The standard InChI is InChI=1S/C17H18ClNO3S/c18-15-7-3-4-8-16(15)23(21,22)19-12-17(20)10-9-13-5-1-2-6-14(13)11-17/h1-8,19-20H,9-12H2/t17-/m1/s1. The van der Waals surface area contributed by atoms with E-state index in [1.807, 2.05) is 24.3 Å². The van der Waals surface area contributed by atoms with Crippen molar-refractivity contribution >= 4 is 21.6 Å². The molecule has 23 heavy (non-hydrogen) atoms. The van der Waals surface area contributed by atoms with E-state index in [1.165, 1.54) is 17.7 Å². The Kier molecular flexibility index (Phi) is 4.47. The van der Waals surface area contributed by atoms with Crippen LogP contribution in [0.1, 0.15) is 17.5 Å². The number of hydrogen-bond acceptors (Lipinski definition) is 3. The van der Waals surface area contributed by atoms with Crippen molar-refractivity contribution in [2.75, 3.05) is 6.54 Å². The van der Waals surface area contributed by atoms with Crippen molar-refractivity contribution in [2.45, 2.75) is 29.8 Å². The van der Waals surface area contributed by atoms with Gasteiger partial charge in [-0.05, 0) is 36.1 Å². The third kappa shape index (κ3) is 3.58. The average Bonchev–Trinajstić information content (AvgIpc) is 2.53. The fourth-order valence-electron chi connectivity index (χ4n) is 2.90. The molecule has 122 valence electrons. The Morgan fingerprint density at radius 1 is 1.09 bits per heavy atom. The molecule has 0 saturated heterocycles. The van der Waals surface area contributed by atoms with Gasteiger partial charge in [0.15, 0.2) is 0 Å². The number of hydrogen-bond donors (Lipinski definition) is 2. The Morgan fingerprint density at radius 3 is 2.48 bits per heavy atom. The summed E-state index contributed by atoms with van der Waals surface area (Å²) in [4.78, 5) is 0.0291. The summed E-state index contributed by atoms with van der Waals surface area (Å²) in [6, 6.07) is 14.2. The zero-order chi connectivity index (χ0) is 16.5. The van der Waals surface area contributed by atoms with Gasteiger partial charge in [0, 0.05) is 13.0 Å². The first kappa shape index (κ1) is 16.5. The van der Waals surface area contributed by atoms with Crippen LogP contribution < -0.4 is 4.72 Å². The number of halogens is 1. The summed E-state index contributed by atoms with van der Waals surface area (Å²) in [6.45, 7) is -0.0328. The highest BCUT2D eigenvalue weighted by molar-refractivity contribution is 7.89. The van der Waals surface area contributed by atoms with E-state index in [0.29, 0.717) is 12.8 Å². The maximum Gasteiger partial charge on any atom is 0.242 e. The number of nitrogens with one attached hydrogen (secondary N) is 1. The molecule has 2 N–H and O–H groups in total. The largest absolute Gasteiger partial charge is 0.388 e. The molecule has 0 bridgehead atoms. The fraction of sp³-hybridized carbons (Fsp3) is 0.294. The van der Waals surface area contributed by atoms with E-state index >= 15 is 0 Å². The quantitative estimate of drug-likeness (QED) is 0.889. The van der Waals surface area contributed by atoms with Crippen LogP contribution in [0.25, 0.3) is 0 Å². The first-order valence-corrected chi connectivity index (χ1v) is 9.29. The maximum absolute atomic E-state index is 12.4. The molecule has 4 nitrogen and oxygen atoms in total. The number of fused-ring (bicyclic) bond motifs is 1. The molecule has 6 heteroatoms. The molecule has 1 aliphatic rings. The van der Waals surface area contributed by atoms with Crippen LogP contribution in [0.3, 0.4) is 0 Å². The molecule has 0 amide bonds. The van der Waals surface area contributed by atoms with Crippen molar-refractivity contribution < 1.29 is 13.5 Å². The van der Waals surface area contributed by atoms with Gasteiger partial charge in [-0.15, -0.1) is 0 Å². The van der Waals surface area contributed by atoms with Crippen LogP contribution in [0.2, 0.25) is 5.02 Å². The smallest absolute Gasteiger partial charge is 0.242 e. The molecule has 0 fully saturated rings. The Labute approximate surface area is 141 Å². The van der Waals surface area contributed by atoms with Gasteiger partial charge in [-0.2, -0.15) is 0 Å². The summed E-state index contributed by atoms with van der Waals surface area (Å²) in [5.74, 6) is 0.